The highest BCUT2D eigenvalue weighted by Crippen LogP contribution is 2.28. The van der Waals surface area contributed by atoms with Gasteiger partial charge in [0.1, 0.15) is 11.5 Å². The summed E-state index contributed by atoms with van der Waals surface area (Å²) in [4.78, 5) is 21.6. The molecule has 2 heterocycles. The number of fused-ring (bicyclic) bond motifs is 3. The van der Waals surface area contributed by atoms with Crippen LogP contribution in [-0.4, -0.2) is 35.7 Å². The van der Waals surface area contributed by atoms with Crippen molar-refractivity contribution in [3.8, 4) is 0 Å². The second-order valence-electron chi connectivity index (χ2n) is 5.10. The fraction of sp³-hybridized carbons (Fsp3) is 0.118. The maximum Gasteiger partial charge on any atom is 0.275 e. The van der Waals surface area contributed by atoms with Gasteiger partial charge in [0.05, 0.1) is 23.0 Å². The van der Waals surface area contributed by atoms with E-state index in [1.54, 1.807) is 19.3 Å². The first-order chi connectivity index (χ1) is 12.0. The van der Waals surface area contributed by atoms with Crippen LogP contribution in [0.2, 0.25) is 0 Å². The van der Waals surface area contributed by atoms with Crippen molar-refractivity contribution in [2.75, 3.05) is 14.2 Å². The number of benzene rings is 1. The van der Waals surface area contributed by atoms with Crippen molar-refractivity contribution < 1.29 is 9.53 Å². The van der Waals surface area contributed by atoms with Crippen LogP contribution in [0.5, 0.6) is 0 Å². The number of ether oxygens (including phenoxy) is 1. The predicted molar refractivity (Wildman–Crippen MR) is 104 cm³/mol. The van der Waals surface area contributed by atoms with E-state index in [2.05, 4.69) is 37.8 Å². The van der Waals surface area contributed by atoms with Gasteiger partial charge in [-0.25, -0.2) is 4.98 Å². The van der Waals surface area contributed by atoms with Crippen molar-refractivity contribution >= 4 is 54.6 Å². The maximum atomic E-state index is 12.5. The van der Waals surface area contributed by atoms with Crippen molar-refractivity contribution in [2.45, 2.75) is 0 Å². The summed E-state index contributed by atoms with van der Waals surface area (Å²) in [5.74, 6) is 0.0915. The molecule has 0 saturated carbocycles. The first-order valence-corrected chi connectivity index (χ1v) is 8.88. The number of rotatable bonds is 5. The van der Waals surface area contributed by atoms with Crippen LogP contribution in [0, 0.1) is 0 Å². The Hall–Kier alpha value is -2.45. The molecule has 1 N–H and O–H groups in total. The first-order valence-electron chi connectivity index (χ1n) is 7.27. The Bertz CT molecular complexity index is 1030. The van der Waals surface area contributed by atoms with E-state index in [1.165, 1.54) is 24.7 Å². The summed E-state index contributed by atoms with van der Waals surface area (Å²) in [6.45, 7) is 3.71. The largest absolute Gasteiger partial charge is 0.497 e. The highest BCUT2D eigenvalue weighted by molar-refractivity contribution is 9.10. The topological polar surface area (TPSA) is 68.0 Å². The summed E-state index contributed by atoms with van der Waals surface area (Å²) < 4.78 is 9.02. The average molecular weight is 419 g/mol. The van der Waals surface area contributed by atoms with Crippen LogP contribution in [0.15, 0.2) is 58.0 Å². The van der Waals surface area contributed by atoms with Crippen molar-refractivity contribution in [2.24, 2.45) is 4.99 Å². The molecule has 0 unspecified atom stereocenters. The van der Waals surface area contributed by atoms with Crippen LogP contribution in [0.25, 0.3) is 15.2 Å². The van der Waals surface area contributed by atoms with E-state index in [0.29, 0.717) is 17.2 Å². The summed E-state index contributed by atoms with van der Waals surface area (Å²) in [5.41, 5.74) is 1.81. The van der Waals surface area contributed by atoms with Crippen molar-refractivity contribution in [3.63, 3.8) is 0 Å². The quantitative estimate of drug-likeness (QED) is 0.389. The minimum absolute atomic E-state index is 0.323. The number of nitrogens with zero attached hydrogens (tertiary/aromatic N) is 3. The van der Waals surface area contributed by atoms with E-state index < -0.39 is 0 Å². The Balaban J connectivity index is 1.91. The van der Waals surface area contributed by atoms with Gasteiger partial charge in [-0.05, 0) is 18.2 Å². The summed E-state index contributed by atoms with van der Waals surface area (Å²) in [5, 5.41) is 2.76. The van der Waals surface area contributed by atoms with Gasteiger partial charge >= 0.3 is 0 Å². The Morgan fingerprint density at radius 1 is 1.52 bits per heavy atom. The summed E-state index contributed by atoms with van der Waals surface area (Å²) in [6, 6.07) is 5.98. The van der Waals surface area contributed by atoms with Crippen LogP contribution in [0.1, 0.15) is 10.5 Å². The number of imidazole rings is 1. The van der Waals surface area contributed by atoms with Crippen molar-refractivity contribution in [1.82, 2.24) is 14.7 Å². The predicted octanol–water partition coefficient (Wildman–Crippen LogP) is 3.79. The molecular formula is C17H15BrN4O2S. The van der Waals surface area contributed by atoms with Crippen LogP contribution >= 0.6 is 27.3 Å². The first kappa shape index (κ1) is 17.4. The van der Waals surface area contributed by atoms with E-state index in [0.717, 1.165) is 19.7 Å². The normalized spacial score (nSPS) is 12.2. The number of carbonyl (C=O) groups is 1. The Labute approximate surface area is 156 Å². The molecule has 0 bridgehead atoms. The second kappa shape index (κ2) is 7.20. The zero-order valence-electron chi connectivity index (χ0n) is 13.6. The molecular weight excluding hydrogens is 404 g/mol. The third-order valence-corrected chi connectivity index (χ3v) is 4.90. The third kappa shape index (κ3) is 3.64. The molecule has 25 heavy (non-hydrogen) atoms. The molecule has 0 radical (unpaired) electrons. The maximum absolute atomic E-state index is 12.5. The molecule has 3 rings (SSSR count). The smallest absolute Gasteiger partial charge is 0.275 e. The zero-order valence-corrected chi connectivity index (χ0v) is 16.0. The Kier molecular flexibility index (Phi) is 5.00. The number of amides is 1. The molecule has 8 heteroatoms. The second-order valence-corrected chi connectivity index (χ2v) is 7.03. The number of aliphatic imine (C=N–C) groups is 1. The summed E-state index contributed by atoms with van der Waals surface area (Å²) in [6.07, 6.45) is 4.84. The molecule has 0 aliphatic carbocycles. The molecule has 0 atom stereocenters. The van der Waals surface area contributed by atoms with Gasteiger partial charge in [-0.2, -0.15) is 0 Å². The Morgan fingerprint density at radius 2 is 2.32 bits per heavy atom. The molecule has 128 valence electrons. The molecule has 1 aromatic carbocycles. The lowest BCUT2D eigenvalue weighted by Gasteiger charge is -2.05. The number of methoxy groups -OCH3 is 1. The molecule has 0 spiro atoms. The number of nitrogens with one attached hydrogen (secondary N) is 1. The molecule has 1 amide bonds. The van der Waals surface area contributed by atoms with E-state index >= 15 is 0 Å². The highest BCUT2D eigenvalue weighted by Gasteiger charge is 2.15. The van der Waals surface area contributed by atoms with Crippen molar-refractivity contribution in [3.05, 3.63) is 58.7 Å². The van der Waals surface area contributed by atoms with Gasteiger partial charge in [-0.15, -0.1) is 0 Å². The van der Waals surface area contributed by atoms with Gasteiger partial charge < -0.3 is 10.1 Å². The SMILES string of the molecule is C=C(/C=C(\C=NC)NC(=O)c1cn2c(n1)sc1cc(Br)ccc12)OC. The molecule has 0 aliphatic heterocycles. The van der Waals surface area contributed by atoms with Gasteiger partial charge in [0.25, 0.3) is 5.91 Å². The number of allylic oxidation sites excluding steroid dienone is 2. The van der Waals surface area contributed by atoms with Gasteiger partial charge in [-0.3, -0.25) is 14.2 Å². The molecule has 0 fully saturated rings. The number of carbonyl (C=O) groups excluding carboxylic acids is 1. The van der Waals surface area contributed by atoms with E-state index in [-0.39, 0.29) is 5.91 Å². The third-order valence-electron chi connectivity index (χ3n) is 3.39. The minimum Gasteiger partial charge on any atom is -0.497 e. The lowest BCUT2D eigenvalue weighted by Crippen LogP contribution is -2.24. The standard InChI is InChI=1S/C17H15BrN4O2S/c1-10(24-3)6-12(8-19-2)20-16(23)13-9-22-14-5-4-11(18)7-15(14)25-17(22)21-13/h4-9H,1H2,2-3H3,(H,20,23)/b12-6+,19-8?. The minimum atomic E-state index is -0.323. The van der Waals surface area contributed by atoms with Crippen LogP contribution in [0.3, 0.4) is 0 Å². The lowest BCUT2D eigenvalue weighted by atomic mass is 10.3. The monoisotopic (exact) mass is 418 g/mol. The molecule has 0 aliphatic rings. The number of aromatic nitrogens is 2. The van der Waals surface area contributed by atoms with E-state index in [9.17, 15) is 4.79 Å². The van der Waals surface area contributed by atoms with E-state index in [1.807, 2.05) is 22.6 Å². The summed E-state index contributed by atoms with van der Waals surface area (Å²) >= 11 is 4.98. The lowest BCUT2D eigenvalue weighted by molar-refractivity contribution is 0.0963. The van der Waals surface area contributed by atoms with Gasteiger partial charge in [-0.1, -0.05) is 33.8 Å². The summed E-state index contributed by atoms with van der Waals surface area (Å²) in [7, 11) is 3.13. The van der Waals surface area contributed by atoms with Crippen LogP contribution in [0.4, 0.5) is 0 Å². The van der Waals surface area contributed by atoms with E-state index in [4.69, 9.17) is 4.74 Å². The molecule has 0 saturated heterocycles. The molecule has 2 aromatic heterocycles. The van der Waals surface area contributed by atoms with Crippen LogP contribution < -0.4 is 5.32 Å². The van der Waals surface area contributed by atoms with Crippen molar-refractivity contribution in [1.29, 1.82) is 0 Å². The fourth-order valence-corrected chi connectivity index (χ4v) is 3.82. The molecule has 6 nitrogen and oxygen atoms in total. The number of thiazole rings is 1. The van der Waals surface area contributed by atoms with Crippen LogP contribution in [-0.2, 0) is 4.74 Å². The zero-order chi connectivity index (χ0) is 18.0. The number of hydrogen-bond donors (Lipinski definition) is 1. The van der Waals surface area contributed by atoms with Gasteiger partial charge in [0, 0.05) is 30.0 Å². The number of halogens is 1. The number of hydrogen-bond acceptors (Lipinski definition) is 5. The average Bonchev–Trinajstić information content (AvgIpc) is 3.12. The Morgan fingerprint density at radius 3 is 3.04 bits per heavy atom. The fourth-order valence-electron chi connectivity index (χ4n) is 2.26. The molecule has 3 aromatic rings. The van der Waals surface area contributed by atoms with Gasteiger partial charge in [0.15, 0.2) is 4.96 Å². The van der Waals surface area contributed by atoms with Gasteiger partial charge in [0.2, 0.25) is 0 Å². The highest BCUT2D eigenvalue weighted by atomic mass is 79.9.